The number of nitrogens with one attached hydrogen (secondary N) is 2. The van der Waals surface area contributed by atoms with Crippen LogP contribution in [-0.4, -0.2) is 32.4 Å². The maximum Gasteiger partial charge on any atom is 0.241 e. The lowest BCUT2D eigenvalue weighted by atomic mass is 10.5. The standard InChI is InChI=1S/C10H14ClN3O3S/c1-2-4-13-10(15)7-14-18(16,17)8-3-5-12-9(11)6-8/h3,5-6,14H,2,4,7H2,1H3,(H,13,15). The van der Waals surface area contributed by atoms with Crippen LogP contribution in [0.2, 0.25) is 5.15 Å². The Labute approximate surface area is 111 Å². The molecule has 0 fully saturated rings. The van der Waals surface area contributed by atoms with Gasteiger partial charge in [0.05, 0.1) is 11.4 Å². The molecule has 0 spiro atoms. The van der Waals surface area contributed by atoms with Crippen LogP contribution in [0.15, 0.2) is 23.2 Å². The number of hydrogen-bond donors (Lipinski definition) is 2. The van der Waals surface area contributed by atoms with Crippen LogP contribution >= 0.6 is 11.6 Å². The molecular weight excluding hydrogens is 278 g/mol. The van der Waals surface area contributed by atoms with Crippen molar-refractivity contribution in [2.75, 3.05) is 13.1 Å². The zero-order valence-corrected chi connectivity index (χ0v) is 11.4. The Morgan fingerprint density at radius 3 is 2.83 bits per heavy atom. The predicted molar refractivity (Wildman–Crippen MR) is 67.7 cm³/mol. The molecule has 0 aliphatic carbocycles. The van der Waals surface area contributed by atoms with E-state index in [1.54, 1.807) is 0 Å². The second kappa shape index (κ2) is 6.67. The number of halogens is 1. The van der Waals surface area contributed by atoms with E-state index in [4.69, 9.17) is 11.6 Å². The van der Waals surface area contributed by atoms with Crippen molar-refractivity contribution < 1.29 is 13.2 Å². The van der Waals surface area contributed by atoms with Crippen LogP contribution in [0.4, 0.5) is 0 Å². The van der Waals surface area contributed by atoms with E-state index in [0.29, 0.717) is 6.54 Å². The quantitative estimate of drug-likeness (QED) is 0.749. The van der Waals surface area contributed by atoms with Gasteiger partial charge in [0.15, 0.2) is 0 Å². The topological polar surface area (TPSA) is 88.2 Å². The molecule has 8 heteroatoms. The van der Waals surface area contributed by atoms with Gasteiger partial charge in [-0.25, -0.2) is 18.1 Å². The van der Waals surface area contributed by atoms with Crippen LogP contribution in [-0.2, 0) is 14.8 Å². The number of hydrogen-bond acceptors (Lipinski definition) is 4. The Morgan fingerprint density at radius 1 is 1.50 bits per heavy atom. The minimum absolute atomic E-state index is 0.0224. The van der Waals surface area contributed by atoms with E-state index in [0.717, 1.165) is 6.42 Å². The minimum atomic E-state index is -3.74. The van der Waals surface area contributed by atoms with Crippen LogP contribution < -0.4 is 10.0 Å². The summed E-state index contributed by atoms with van der Waals surface area (Å²) < 4.78 is 25.8. The third kappa shape index (κ3) is 4.59. The highest BCUT2D eigenvalue weighted by Crippen LogP contribution is 2.12. The molecule has 0 unspecified atom stereocenters. The summed E-state index contributed by atoms with van der Waals surface area (Å²) in [7, 11) is -3.74. The monoisotopic (exact) mass is 291 g/mol. The highest BCUT2D eigenvalue weighted by Gasteiger charge is 2.15. The number of carbonyl (C=O) groups excluding carboxylic acids is 1. The van der Waals surface area contributed by atoms with Gasteiger partial charge in [-0.1, -0.05) is 18.5 Å². The van der Waals surface area contributed by atoms with Crippen molar-refractivity contribution in [3.05, 3.63) is 23.5 Å². The van der Waals surface area contributed by atoms with Gasteiger partial charge >= 0.3 is 0 Å². The molecule has 100 valence electrons. The summed E-state index contributed by atoms with van der Waals surface area (Å²) in [5, 5.41) is 2.64. The molecule has 2 N–H and O–H groups in total. The molecule has 0 atom stereocenters. The molecule has 18 heavy (non-hydrogen) atoms. The summed E-state index contributed by atoms with van der Waals surface area (Å²) in [6.45, 7) is 2.12. The maximum atomic E-state index is 11.8. The summed E-state index contributed by atoms with van der Waals surface area (Å²) in [5.41, 5.74) is 0. The van der Waals surface area contributed by atoms with E-state index in [-0.39, 0.29) is 22.5 Å². The molecule has 1 rings (SSSR count). The predicted octanol–water partition coefficient (Wildman–Crippen LogP) is 0.539. The molecule has 0 bridgehead atoms. The minimum Gasteiger partial charge on any atom is -0.355 e. The van der Waals surface area contributed by atoms with Crippen LogP contribution in [0.1, 0.15) is 13.3 Å². The van der Waals surface area contributed by atoms with Gasteiger partial charge in [-0.2, -0.15) is 0 Å². The van der Waals surface area contributed by atoms with Crippen molar-refractivity contribution >= 4 is 27.5 Å². The fraction of sp³-hybridized carbons (Fsp3) is 0.400. The van der Waals surface area contributed by atoms with Gasteiger partial charge in [-0.15, -0.1) is 0 Å². The first kappa shape index (κ1) is 14.9. The number of pyridine rings is 1. The van der Waals surface area contributed by atoms with Gasteiger partial charge in [0, 0.05) is 12.7 Å². The molecule has 1 amide bonds. The van der Waals surface area contributed by atoms with Gasteiger partial charge in [-0.05, 0) is 18.6 Å². The van der Waals surface area contributed by atoms with E-state index in [1.165, 1.54) is 18.3 Å². The molecule has 0 saturated heterocycles. The fourth-order valence-electron chi connectivity index (χ4n) is 1.12. The Kier molecular flexibility index (Phi) is 5.52. The van der Waals surface area contributed by atoms with E-state index in [9.17, 15) is 13.2 Å². The summed E-state index contributed by atoms with van der Waals surface area (Å²) in [4.78, 5) is 14.9. The normalized spacial score (nSPS) is 11.2. The van der Waals surface area contributed by atoms with Crippen LogP contribution in [0.25, 0.3) is 0 Å². The first-order valence-electron chi connectivity index (χ1n) is 5.33. The van der Waals surface area contributed by atoms with Crippen molar-refractivity contribution in [2.24, 2.45) is 0 Å². The lowest BCUT2D eigenvalue weighted by Crippen LogP contribution is -2.37. The van der Waals surface area contributed by atoms with Gasteiger partial charge in [0.2, 0.25) is 15.9 Å². The Hall–Kier alpha value is -1.18. The number of amides is 1. The molecule has 0 saturated carbocycles. The van der Waals surface area contributed by atoms with Crippen molar-refractivity contribution in [1.29, 1.82) is 0 Å². The molecule has 6 nitrogen and oxygen atoms in total. The SMILES string of the molecule is CCCNC(=O)CNS(=O)(=O)c1ccnc(Cl)c1. The molecule has 1 heterocycles. The highest BCUT2D eigenvalue weighted by molar-refractivity contribution is 7.89. The average molecular weight is 292 g/mol. The number of nitrogens with zero attached hydrogens (tertiary/aromatic N) is 1. The van der Waals surface area contributed by atoms with E-state index < -0.39 is 10.0 Å². The highest BCUT2D eigenvalue weighted by atomic mass is 35.5. The second-order valence-corrected chi connectivity index (χ2v) is 5.64. The van der Waals surface area contributed by atoms with Gasteiger partial charge in [0.1, 0.15) is 5.15 Å². The Bertz CT molecular complexity index is 519. The lowest BCUT2D eigenvalue weighted by Gasteiger charge is -2.07. The lowest BCUT2D eigenvalue weighted by molar-refractivity contribution is -0.119. The summed E-state index contributed by atoms with van der Waals surface area (Å²) in [5.74, 6) is -0.374. The number of aromatic nitrogens is 1. The molecule has 0 aliphatic heterocycles. The molecular formula is C10H14ClN3O3S. The van der Waals surface area contributed by atoms with E-state index in [2.05, 4.69) is 15.0 Å². The third-order valence-electron chi connectivity index (χ3n) is 2.00. The summed E-state index contributed by atoms with van der Waals surface area (Å²) >= 11 is 5.60. The third-order valence-corrected chi connectivity index (χ3v) is 3.61. The van der Waals surface area contributed by atoms with Crippen LogP contribution in [0.5, 0.6) is 0 Å². The zero-order chi connectivity index (χ0) is 13.6. The second-order valence-electron chi connectivity index (χ2n) is 3.49. The van der Waals surface area contributed by atoms with Crippen LogP contribution in [0.3, 0.4) is 0 Å². The number of carbonyl (C=O) groups is 1. The average Bonchev–Trinajstić information content (AvgIpc) is 2.34. The molecule has 0 aliphatic rings. The Morgan fingerprint density at radius 2 is 2.22 bits per heavy atom. The molecule has 0 radical (unpaired) electrons. The number of sulfonamides is 1. The van der Waals surface area contributed by atoms with Crippen molar-refractivity contribution in [2.45, 2.75) is 18.2 Å². The van der Waals surface area contributed by atoms with Crippen molar-refractivity contribution in [1.82, 2.24) is 15.0 Å². The Balaban J connectivity index is 2.63. The first-order chi connectivity index (χ1) is 8.45. The molecule has 0 aromatic carbocycles. The van der Waals surface area contributed by atoms with Crippen LogP contribution in [0, 0.1) is 0 Å². The first-order valence-corrected chi connectivity index (χ1v) is 7.19. The van der Waals surface area contributed by atoms with Gasteiger partial charge < -0.3 is 5.32 Å². The summed E-state index contributed by atoms with van der Waals surface area (Å²) in [6, 6.07) is 2.52. The van der Waals surface area contributed by atoms with Gasteiger partial charge in [-0.3, -0.25) is 4.79 Å². The van der Waals surface area contributed by atoms with Crippen molar-refractivity contribution in [3.63, 3.8) is 0 Å². The summed E-state index contributed by atoms with van der Waals surface area (Å²) in [6.07, 6.45) is 2.08. The smallest absolute Gasteiger partial charge is 0.241 e. The maximum absolute atomic E-state index is 11.8. The van der Waals surface area contributed by atoms with Crippen molar-refractivity contribution in [3.8, 4) is 0 Å². The van der Waals surface area contributed by atoms with E-state index >= 15 is 0 Å². The number of rotatable bonds is 6. The molecule has 1 aromatic rings. The fourth-order valence-corrected chi connectivity index (χ4v) is 2.36. The van der Waals surface area contributed by atoms with Gasteiger partial charge in [0.25, 0.3) is 0 Å². The zero-order valence-electron chi connectivity index (χ0n) is 9.81. The molecule has 1 aromatic heterocycles. The van der Waals surface area contributed by atoms with E-state index in [1.807, 2.05) is 6.92 Å². The largest absolute Gasteiger partial charge is 0.355 e.